The summed E-state index contributed by atoms with van der Waals surface area (Å²) in [5, 5.41) is 3.30. The molecule has 1 aromatic rings. The maximum absolute atomic E-state index is 6.02. The van der Waals surface area contributed by atoms with Crippen molar-refractivity contribution in [1.29, 1.82) is 0 Å². The minimum Gasteiger partial charge on any atom is -0.370 e. The van der Waals surface area contributed by atoms with Crippen LogP contribution in [0.1, 0.15) is 42.9 Å². The van der Waals surface area contributed by atoms with Crippen molar-refractivity contribution in [3.8, 4) is 0 Å². The number of likely N-dealkylation sites (N-methyl/N-ethyl adjacent to an activating group) is 1. The molecule has 0 bridgehead atoms. The first kappa shape index (κ1) is 18.5. The number of guanidine groups is 1. The van der Waals surface area contributed by atoms with E-state index in [0.29, 0.717) is 18.5 Å². The molecule has 128 valence electrons. The van der Waals surface area contributed by atoms with E-state index in [9.17, 15) is 0 Å². The molecular weight excluding hydrogens is 399 g/mol. The van der Waals surface area contributed by atoms with Crippen LogP contribution in [0.25, 0.3) is 0 Å². The molecule has 0 aromatic heterocycles. The van der Waals surface area contributed by atoms with Gasteiger partial charge in [0, 0.05) is 12.6 Å². The molecule has 3 N–H and O–H groups in total. The van der Waals surface area contributed by atoms with Crippen molar-refractivity contribution in [3.05, 3.63) is 34.9 Å². The second kappa shape index (κ2) is 8.87. The molecule has 4 nitrogen and oxygen atoms in total. The molecule has 0 amide bonds. The van der Waals surface area contributed by atoms with Gasteiger partial charge in [0.25, 0.3) is 0 Å². The van der Waals surface area contributed by atoms with Gasteiger partial charge in [-0.15, -0.1) is 24.0 Å². The third kappa shape index (κ3) is 4.83. The van der Waals surface area contributed by atoms with E-state index in [1.807, 2.05) is 0 Å². The summed E-state index contributed by atoms with van der Waals surface area (Å²) in [6.07, 6.45) is 6.30. The second-order valence-corrected chi connectivity index (χ2v) is 6.46. The van der Waals surface area contributed by atoms with Gasteiger partial charge in [0.1, 0.15) is 0 Å². The van der Waals surface area contributed by atoms with Gasteiger partial charge < -0.3 is 11.1 Å². The molecule has 1 aliphatic heterocycles. The van der Waals surface area contributed by atoms with Gasteiger partial charge in [-0.2, -0.15) is 0 Å². The SMILES string of the molecule is CCN1CCCC1CNC(N)=NCc1ccc2c(c1)CCC2.I. The van der Waals surface area contributed by atoms with Crippen LogP contribution in [0.3, 0.4) is 0 Å². The van der Waals surface area contributed by atoms with Gasteiger partial charge in [0.05, 0.1) is 6.54 Å². The first-order chi connectivity index (χ1) is 10.8. The number of nitrogens with zero attached hydrogens (tertiary/aromatic N) is 2. The Morgan fingerprint density at radius 1 is 1.30 bits per heavy atom. The van der Waals surface area contributed by atoms with E-state index in [-0.39, 0.29) is 24.0 Å². The molecule has 2 aliphatic rings. The Hall–Kier alpha value is -0.820. The van der Waals surface area contributed by atoms with Crippen molar-refractivity contribution in [3.63, 3.8) is 0 Å². The molecule has 0 radical (unpaired) electrons. The van der Waals surface area contributed by atoms with Crippen molar-refractivity contribution < 1.29 is 0 Å². The largest absolute Gasteiger partial charge is 0.370 e. The van der Waals surface area contributed by atoms with Crippen LogP contribution in [-0.2, 0) is 19.4 Å². The van der Waals surface area contributed by atoms with Crippen LogP contribution in [0, 0.1) is 0 Å². The van der Waals surface area contributed by atoms with E-state index in [4.69, 9.17) is 5.73 Å². The Bertz CT molecular complexity index is 544. The van der Waals surface area contributed by atoms with Crippen molar-refractivity contribution in [2.24, 2.45) is 10.7 Å². The number of benzene rings is 1. The highest BCUT2D eigenvalue weighted by Gasteiger charge is 2.22. The quantitative estimate of drug-likeness (QED) is 0.431. The van der Waals surface area contributed by atoms with Crippen molar-refractivity contribution in [2.45, 2.75) is 51.6 Å². The Balaban J connectivity index is 0.00000192. The molecule has 1 saturated heterocycles. The summed E-state index contributed by atoms with van der Waals surface area (Å²) in [7, 11) is 0. The molecule has 1 aliphatic carbocycles. The summed E-state index contributed by atoms with van der Waals surface area (Å²) in [6, 6.07) is 7.36. The molecular formula is C18H29IN4. The highest BCUT2D eigenvalue weighted by atomic mass is 127. The Morgan fingerprint density at radius 2 is 2.13 bits per heavy atom. The van der Waals surface area contributed by atoms with Crippen LogP contribution in [0.15, 0.2) is 23.2 Å². The standard InChI is InChI=1S/C18H28N4.HI/c1-2-22-10-4-7-17(22)13-21-18(19)20-12-14-8-9-15-5-3-6-16(15)11-14;/h8-9,11,17H,2-7,10,12-13H2,1H3,(H3,19,20,21);1H. The molecule has 1 fully saturated rings. The Kier molecular flexibility index (Phi) is 7.14. The molecule has 1 atom stereocenters. The van der Waals surface area contributed by atoms with E-state index in [2.05, 4.69) is 40.3 Å². The second-order valence-electron chi connectivity index (χ2n) is 6.46. The first-order valence-electron chi connectivity index (χ1n) is 8.65. The number of likely N-dealkylation sites (tertiary alicyclic amines) is 1. The van der Waals surface area contributed by atoms with E-state index < -0.39 is 0 Å². The third-order valence-corrected chi connectivity index (χ3v) is 5.02. The summed E-state index contributed by atoms with van der Waals surface area (Å²) in [5.74, 6) is 0.573. The fourth-order valence-electron chi connectivity index (χ4n) is 3.72. The highest BCUT2D eigenvalue weighted by Crippen LogP contribution is 2.23. The monoisotopic (exact) mass is 428 g/mol. The number of rotatable bonds is 5. The molecule has 1 heterocycles. The van der Waals surface area contributed by atoms with E-state index in [1.54, 1.807) is 0 Å². The molecule has 5 heteroatoms. The molecule has 1 unspecified atom stereocenters. The number of hydrogen-bond acceptors (Lipinski definition) is 2. The van der Waals surface area contributed by atoms with Gasteiger partial charge in [0.2, 0.25) is 0 Å². The molecule has 1 aromatic carbocycles. The normalized spacial score (nSPS) is 21.1. The summed E-state index contributed by atoms with van der Waals surface area (Å²) in [4.78, 5) is 7.01. The predicted octanol–water partition coefficient (Wildman–Crippen LogP) is 2.68. The highest BCUT2D eigenvalue weighted by molar-refractivity contribution is 14.0. The summed E-state index contributed by atoms with van der Waals surface area (Å²) < 4.78 is 0. The van der Waals surface area contributed by atoms with Gasteiger partial charge in [0.15, 0.2) is 5.96 Å². The summed E-state index contributed by atoms with van der Waals surface area (Å²) in [5.41, 5.74) is 10.3. The van der Waals surface area contributed by atoms with Crippen LogP contribution >= 0.6 is 24.0 Å². The van der Waals surface area contributed by atoms with E-state index in [1.165, 1.54) is 55.3 Å². The van der Waals surface area contributed by atoms with Crippen molar-refractivity contribution >= 4 is 29.9 Å². The smallest absolute Gasteiger partial charge is 0.188 e. The maximum Gasteiger partial charge on any atom is 0.188 e. The summed E-state index contributed by atoms with van der Waals surface area (Å²) in [6.45, 7) is 6.15. The number of aryl methyl sites for hydroxylation is 2. The van der Waals surface area contributed by atoms with Crippen molar-refractivity contribution in [1.82, 2.24) is 10.2 Å². The van der Waals surface area contributed by atoms with Crippen LogP contribution < -0.4 is 11.1 Å². The topological polar surface area (TPSA) is 53.6 Å². The molecule has 0 saturated carbocycles. The lowest BCUT2D eigenvalue weighted by Crippen LogP contribution is -2.42. The zero-order chi connectivity index (χ0) is 15.4. The van der Waals surface area contributed by atoms with Crippen molar-refractivity contribution in [2.75, 3.05) is 19.6 Å². The number of halogens is 1. The fourth-order valence-corrected chi connectivity index (χ4v) is 3.72. The third-order valence-electron chi connectivity index (χ3n) is 5.02. The number of fused-ring (bicyclic) bond motifs is 1. The Labute approximate surface area is 156 Å². The molecule has 23 heavy (non-hydrogen) atoms. The van der Waals surface area contributed by atoms with Gasteiger partial charge in [-0.25, -0.2) is 4.99 Å². The predicted molar refractivity (Wildman–Crippen MR) is 107 cm³/mol. The minimum atomic E-state index is 0. The summed E-state index contributed by atoms with van der Waals surface area (Å²) >= 11 is 0. The first-order valence-corrected chi connectivity index (χ1v) is 8.65. The van der Waals surface area contributed by atoms with E-state index >= 15 is 0 Å². The minimum absolute atomic E-state index is 0. The average Bonchev–Trinajstić information content (AvgIpc) is 3.18. The average molecular weight is 428 g/mol. The van der Waals surface area contributed by atoms with Gasteiger partial charge in [-0.3, -0.25) is 4.90 Å². The number of nitrogens with two attached hydrogens (primary N) is 1. The Morgan fingerprint density at radius 3 is 2.96 bits per heavy atom. The lowest BCUT2D eigenvalue weighted by Gasteiger charge is -2.23. The lowest BCUT2D eigenvalue weighted by molar-refractivity contribution is 0.267. The number of aliphatic imine (C=N–C) groups is 1. The molecule has 0 spiro atoms. The number of hydrogen-bond donors (Lipinski definition) is 2. The van der Waals surface area contributed by atoms with Crippen LogP contribution in [-0.4, -0.2) is 36.5 Å². The number of nitrogens with one attached hydrogen (secondary N) is 1. The van der Waals surface area contributed by atoms with Crippen LogP contribution in [0.5, 0.6) is 0 Å². The van der Waals surface area contributed by atoms with Gasteiger partial charge in [-0.1, -0.05) is 25.1 Å². The van der Waals surface area contributed by atoms with Crippen LogP contribution in [0.4, 0.5) is 0 Å². The zero-order valence-electron chi connectivity index (χ0n) is 14.1. The lowest BCUT2D eigenvalue weighted by atomic mass is 10.1. The van der Waals surface area contributed by atoms with Gasteiger partial charge in [-0.05, 0) is 61.9 Å². The fraction of sp³-hybridized carbons (Fsp3) is 0.611. The molecule has 3 rings (SSSR count). The van der Waals surface area contributed by atoms with Crippen LogP contribution in [0.2, 0.25) is 0 Å². The zero-order valence-corrected chi connectivity index (χ0v) is 16.4. The van der Waals surface area contributed by atoms with E-state index in [0.717, 1.165) is 13.1 Å². The maximum atomic E-state index is 6.02. The van der Waals surface area contributed by atoms with Gasteiger partial charge >= 0.3 is 0 Å².